The van der Waals surface area contributed by atoms with Gasteiger partial charge in [-0.25, -0.2) is 4.39 Å². The van der Waals surface area contributed by atoms with Gasteiger partial charge in [-0.2, -0.15) is 0 Å². The number of amides is 1. The second-order valence-corrected chi connectivity index (χ2v) is 4.77. The van der Waals surface area contributed by atoms with Gasteiger partial charge in [0.1, 0.15) is 5.82 Å². The Labute approximate surface area is 117 Å². The molecule has 0 aliphatic heterocycles. The van der Waals surface area contributed by atoms with Crippen molar-refractivity contribution in [3.05, 3.63) is 29.0 Å². The average molecular weight is 288 g/mol. The number of hydrogen-bond donors (Lipinski definition) is 2. The second kappa shape index (κ2) is 8.09. The van der Waals surface area contributed by atoms with Gasteiger partial charge in [-0.05, 0) is 51.8 Å². The van der Waals surface area contributed by atoms with E-state index in [2.05, 4.69) is 10.6 Å². The Kier molecular flexibility index (Phi) is 6.77. The minimum absolute atomic E-state index is 0.166. The van der Waals surface area contributed by atoms with Crippen molar-refractivity contribution >= 4 is 23.2 Å². The molecule has 1 aromatic carbocycles. The highest BCUT2D eigenvalue weighted by molar-refractivity contribution is 6.33. The normalized spacial score (nSPS) is 10.8. The van der Waals surface area contributed by atoms with Crippen LogP contribution in [0.4, 0.5) is 10.1 Å². The quantitative estimate of drug-likeness (QED) is 0.754. The van der Waals surface area contributed by atoms with Gasteiger partial charge in [0.2, 0.25) is 5.91 Å². The van der Waals surface area contributed by atoms with Gasteiger partial charge in [0.25, 0.3) is 0 Å². The van der Waals surface area contributed by atoms with Crippen LogP contribution in [0.25, 0.3) is 0 Å². The molecule has 4 nitrogen and oxygen atoms in total. The number of carbonyl (C=O) groups excluding carboxylic acids is 1. The summed E-state index contributed by atoms with van der Waals surface area (Å²) < 4.78 is 12.9. The standard InChI is InChI=1S/C13H19ClFN3O/c1-16-6-3-7-18(2)9-13(19)17-12-5-4-10(15)8-11(12)14/h4-5,8,16H,3,6-7,9H2,1-2H3,(H,17,19). The molecular formula is C13H19ClFN3O. The van der Waals surface area contributed by atoms with Gasteiger partial charge in [-0.15, -0.1) is 0 Å². The molecule has 2 N–H and O–H groups in total. The lowest BCUT2D eigenvalue weighted by Crippen LogP contribution is -2.32. The molecule has 0 aromatic heterocycles. The fourth-order valence-electron chi connectivity index (χ4n) is 1.63. The number of nitrogens with one attached hydrogen (secondary N) is 2. The first-order valence-corrected chi connectivity index (χ1v) is 6.48. The van der Waals surface area contributed by atoms with E-state index in [0.717, 1.165) is 19.5 Å². The molecule has 6 heteroatoms. The predicted molar refractivity (Wildman–Crippen MR) is 76.1 cm³/mol. The fraction of sp³-hybridized carbons (Fsp3) is 0.462. The maximum atomic E-state index is 12.9. The largest absolute Gasteiger partial charge is 0.324 e. The van der Waals surface area contributed by atoms with Gasteiger partial charge in [0.05, 0.1) is 17.3 Å². The third kappa shape index (κ3) is 6.00. The SMILES string of the molecule is CNCCCN(C)CC(=O)Nc1ccc(F)cc1Cl. The summed E-state index contributed by atoms with van der Waals surface area (Å²) >= 11 is 5.84. The molecule has 0 atom stereocenters. The van der Waals surface area contributed by atoms with Crippen molar-refractivity contribution in [3.8, 4) is 0 Å². The third-order valence-electron chi connectivity index (χ3n) is 2.59. The summed E-state index contributed by atoms with van der Waals surface area (Å²) in [5.41, 5.74) is 0.427. The van der Waals surface area contributed by atoms with E-state index in [1.165, 1.54) is 18.2 Å². The lowest BCUT2D eigenvalue weighted by atomic mass is 10.3. The van der Waals surface area contributed by atoms with Crippen molar-refractivity contribution in [1.82, 2.24) is 10.2 Å². The summed E-state index contributed by atoms with van der Waals surface area (Å²) in [5, 5.41) is 5.91. The summed E-state index contributed by atoms with van der Waals surface area (Å²) in [6.45, 7) is 2.01. The zero-order chi connectivity index (χ0) is 14.3. The van der Waals surface area contributed by atoms with Crippen LogP contribution in [0.2, 0.25) is 5.02 Å². The van der Waals surface area contributed by atoms with Gasteiger partial charge >= 0.3 is 0 Å². The van der Waals surface area contributed by atoms with Crippen LogP contribution in [-0.4, -0.2) is 44.5 Å². The summed E-state index contributed by atoms with van der Waals surface area (Å²) in [6.07, 6.45) is 0.970. The molecule has 0 saturated heterocycles. The molecule has 0 aliphatic rings. The first-order chi connectivity index (χ1) is 9.02. The van der Waals surface area contributed by atoms with Gasteiger partial charge < -0.3 is 10.6 Å². The number of hydrogen-bond acceptors (Lipinski definition) is 3. The van der Waals surface area contributed by atoms with Gasteiger partial charge in [0, 0.05) is 0 Å². The summed E-state index contributed by atoms with van der Waals surface area (Å²) in [7, 11) is 3.77. The van der Waals surface area contributed by atoms with Crippen LogP contribution >= 0.6 is 11.6 Å². The molecular weight excluding hydrogens is 269 g/mol. The minimum atomic E-state index is -0.424. The van der Waals surface area contributed by atoms with Gasteiger partial charge in [-0.1, -0.05) is 11.6 Å². The van der Waals surface area contributed by atoms with E-state index in [1.807, 2.05) is 19.0 Å². The van der Waals surface area contributed by atoms with Crippen LogP contribution in [-0.2, 0) is 4.79 Å². The molecule has 0 heterocycles. The number of halogens is 2. The first kappa shape index (κ1) is 15.9. The monoisotopic (exact) mass is 287 g/mol. The molecule has 0 spiro atoms. The van der Waals surface area contributed by atoms with E-state index in [1.54, 1.807) is 0 Å². The summed E-state index contributed by atoms with van der Waals surface area (Å²) in [6, 6.07) is 3.89. The Balaban J connectivity index is 2.42. The van der Waals surface area contributed by atoms with E-state index in [-0.39, 0.29) is 17.5 Å². The maximum absolute atomic E-state index is 12.9. The molecule has 0 aliphatic carbocycles. The maximum Gasteiger partial charge on any atom is 0.238 e. The number of anilines is 1. The van der Waals surface area contributed by atoms with Crippen molar-refractivity contribution in [2.24, 2.45) is 0 Å². The van der Waals surface area contributed by atoms with Gasteiger partial charge in [0.15, 0.2) is 0 Å². The molecule has 19 heavy (non-hydrogen) atoms. The van der Waals surface area contributed by atoms with Crippen LogP contribution in [0.1, 0.15) is 6.42 Å². The number of likely N-dealkylation sites (N-methyl/N-ethyl adjacent to an activating group) is 1. The lowest BCUT2D eigenvalue weighted by molar-refractivity contribution is -0.117. The molecule has 106 valence electrons. The molecule has 0 bridgehead atoms. The zero-order valence-corrected chi connectivity index (χ0v) is 11.9. The molecule has 0 unspecified atom stereocenters. The lowest BCUT2D eigenvalue weighted by Gasteiger charge is -2.16. The van der Waals surface area contributed by atoms with E-state index in [9.17, 15) is 9.18 Å². The highest BCUT2D eigenvalue weighted by Crippen LogP contribution is 2.22. The van der Waals surface area contributed by atoms with Crippen LogP contribution in [0.15, 0.2) is 18.2 Å². The fourth-order valence-corrected chi connectivity index (χ4v) is 1.85. The number of rotatable bonds is 7. The van der Waals surface area contributed by atoms with E-state index in [0.29, 0.717) is 5.69 Å². The number of nitrogens with zero attached hydrogens (tertiary/aromatic N) is 1. The Morgan fingerprint density at radius 3 is 2.84 bits per heavy atom. The highest BCUT2D eigenvalue weighted by atomic mass is 35.5. The van der Waals surface area contributed by atoms with E-state index in [4.69, 9.17) is 11.6 Å². The Morgan fingerprint density at radius 2 is 2.21 bits per heavy atom. The van der Waals surface area contributed by atoms with Crippen LogP contribution in [0.3, 0.4) is 0 Å². The summed E-state index contributed by atoms with van der Waals surface area (Å²) in [5.74, 6) is -0.590. The molecule has 1 aromatic rings. The van der Waals surface area contributed by atoms with Crippen molar-refractivity contribution in [1.29, 1.82) is 0 Å². The molecule has 1 rings (SSSR count). The first-order valence-electron chi connectivity index (χ1n) is 6.11. The molecule has 0 fully saturated rings. The van der Waals surface area contributed by atoms with Crippen molar-refractivity contribution in [2.75, 3.05) is 39.0 Å². The summed E-state index contributed by atoms with van der Waals surface area (Å²) in [4.78, 5) is 13.7. The van der Waals surface area contributed by atoms with Gasteiger partial charge in [-0.3, -0.25) is 9.69 Å². The number of benzene rings is 1. The van der Waals surface area contributed by atoms with E-state index >= 15 is 0 Å². The molecule has 0 saturated carbocycles. The predicted octanol–water partition coefficient (Wildman–Crippen LogP) is 1.96. The van der Waals surface area contributed by atoms with Crippen molar-refractivity contribution < 1.29 is 9.18 Å². The minimum Gasteiger partial charge on any atom is -0.324 e. The molecule has 1 amide bonds. The Morgan fingerprint density at radius 1 is 1.47 bits per heavy atom. The topological polar surface area (TPSA) is 44.4 Å². The van der Waals surface area contributed by atoms with Crippen LogP contribution in [0, 0.1) is 5.82 Å². The van der Waals surface area contributed by atoms with Crippen LogP contribution < -0.4 is 10.6 Å². The highest BCUT2D eigenvalue weighted by Gasteiger charge is 2.09. The Hall–Kier alpha value is -1.17. The third-order valence-corrected chi connectivity index (χ3v) is 2.90. The van der Waals surface area contributed by atoms with Crippen LogP contribution in [0.5, 0.6) is 0 Å². The molecule has 0 radical (unpaired) electrons. The Bertz CT molecular complexity index is 428. The number of carbonyl (C=O) groups is 1. The van der Waals surface area contributed by atoms with Crippen molar-refractivity contribution in [2.45, 2.75) is 6.42 Å². The second-order valence-electron chi connectivity index (χ2n) is 4.37. The van der Waals surface area contributed by atoms with E-state index < -0.39 is 5.82 Å². The zero-order valence-electron chi connectivity index (χ0n) is 11.2. The average Bonchev–Trinajstić information content (AvgIpc) is 2.33. The van der Waals surface area contributed by atoms with Crippen molar-refractivity contribution in [3.63, 3.8) is 0 Å². The smallest absolute Gasteiger partial charge is 0.238 e.